The van der Waals surface area contributed by atoms with Crippen molar-refractivity contribution in [2.24, 2.45) is 0 Å². The molecular weight excluding hydrogens is 393 g/mol. The van der Waals surface area contributed by atoms with Crippen molar-refractivity contribution in [2.45, 2.75) is 32.4 Å². The minimum atomic E-state index is -4.62. The Kier molecular flexibility index (Phi) is 4.86. The van der Waals surface area contributed by atoms with Gasteiger partial charge in [0.05, 0.1) is 5.69 Å². The van der Waals surface area contributed by atoms with Crippen LogP contribution in [0.3, 0.4) is 0 Å². The van der Waals surface area contributed by atoms with Gasteiger partial charge in [0.1, 0.15) is 5.69 Å². The lowest BCUT2D eigenvalue weighted by atomic mass is 9.95. The van der Waals surface area contributed by atoms with E-state index in [1.54, 1.807) is 11.1 Å². The van der Waals surface area contributed by atoms with E-state index in [2.05, 4.69) is 41.7 Å². The van der Waals surface area contributed by atoms with Gasteiger partial charge < -0.3 is 4.98 Å². The summed E-state index contributed by atoms with van der Waals surface area (Å²) in [5.41, 5.74) is -2.22. The van der Waals surface area contributed by atoms with Crippen LogP contribution >= 0.6 is 27.3 Å². The van der Waals surface area contributed by atoms with E-state index in [-0.39, 0.29) is 11.1 Å². The fraction of sp³-hybridized carbons (Fsp3) is 0.333. The quantitative estimate of drug-likeness (QED) is 0.755. The first-order valence-corrected chi connectivity index (χ1v) is 8.24. The molecule has 0 saturated heterocycles. The molecule has 2 aromatic heterocycles. The van der Waals surface area contributed by atoms with E-state index in [1.807, 2.05) is 6.07 Å². The third-order valence-electron chi connectivity index (χ3n) is 2.88. The molecule has 0 radical (unpaired) electrons. The summed E-state index contributed by atoms with van der Waals surface area (Å²) < 4.78 is 39.0. The Morgan fingerprint density at radius 3 is 2.39 bits per heavy atom. The van der Waals surface area contributed by atoms with Crippen LogP contribution in [0.4, 0.5) is 13.2 Å². The average molecular weight is 407 g/mol. The van der Waals surface area contributed by atoms with Crippen molar-refractivity contribution in [3.8, 4) is 0 Å². The molecule has 0 spiro atoms. The predicted molar refractivity (Wildman–Crippen MR) is 89.5 cm³/mol. The summed E-state index contributed by atoms with van der Waals surface area (Å²) in [6.07, 6.45) is -1.57. The van der Waals surface area contributed by atoms with Gasteiger partial charge in [0.15, 0.2) is 0 Å². The Morgan fingerprint density at radius 1 is 1.22 bits per heavy atom. The van der Waals surface area contributed by atoms with E-state index in [4.69, 9.17) is 0 Å². The van der Waals surface area contributed by atoms with Gasteiger partial charge in [-0.05, 0) is 45.6 Å². The molecule has 2 rings (SSSR count). The van der Waals surface area contributed by atoms with Gasteiger partial charge in [-0.25, -0.2) is 4.79 Å². The van der Waals surface area contributed by atoms with Crippen molar-refractivity contribution < 1.29 is 13.2 Å². The molecule has 0 aliphatic carbocycles. The number of alkyl halides is 3. The Balaban J connectivity index is 2.35. The first kappa shape index (κ1) is 17.9. The lowest BCUT2D eigenvalue weighted by molar-refractivity contribution is -0.141. The molecule has 0 saturated carbocycles. The second-order valence-corrected chi connectivity index (χ2v) is 7.87. The number of thiophene rings is 1. The second kappa shape index (κ2) is 6.24. The molecule has 0 atom stereocenters. The average Bonchev–Trinajstić information content (AvgIpc) is 2.76. The van der Waals surface area contributed by atoms with Crippen molar-refractivity contribution in [2.75, 3.05) is 0 Å². The van der Waals surface area contributed by atoms with E-state index in [0.29, 0.717) is 0 Å². The summed E-state index contributed by atoms with van der Waals surface area (Å²) in [6.45, 7) is 6.22. The molecule has 1 N–H and O–H groups in total. The van der Waals surface area contributed by atoms with Gasteiger partial charge in [-0.15, -0.1) is 11.3 Å². The number of halogens is 4. The smallest absolute Gasteiger partial charge is 0.302 e. The predicted octanol–water partition coefficient (Wildman–Crippen LogP) is 5.08. The maximum Gasteiger partial charge on any atom is 0.431 e. The fourth-order valence-corrected chi connectivity index (χ4v) is 4.11. The number of nitrogens with one attached hydrogen (secondary N) is 1. The van der Waals surface area contributed by atoms with Crippen LogP contribution in [0.1, 0.15) is 41.9 Å². The summed E-state index contributed by atoms with van der Waals surface area (Å²) in [5, 5.41) is 0. The molecule has 0 unspecified atom stereocenters. The molecule has 0 aliphatic heterocycles. The molecule has 0 fully saturated rings. The number of aromatic amines is 1. The van der Waals surface area contributed by atoms with Crippen molar-refractivity contribution in [1.82, 2.24) is 9.97 Å². The van der Waals surface area contributed by atoms with E-state index in [1.165, 1.54) is 17.4 Å². The van der Waals surface area contributed by atoms with Crippen LogP contribution in [0.2, 0.25) is 0 Å². The van der Waals surface area contributed by atoms with Crippen molar-refractivity contribution in [3.63, 3.8) is 0 Å². The van der Waals surface area contributed by atoms with Gasteiger partial charge in [0.25, 0.3) is 0 Å². The molecule has 23 heavy (non-hydrogen) atoms. The fourth-order valence-electron chi connectivity index (χ4n) is 1.86. The van der Waals surface area contributed by atoms with E-state index >= 15 is 0 Å². The minimum Gasteiger partial charge on any atom is -0.302 e. The molecule has 2 heterocycles. The van der Waals surface area contributed by atoms with Crippen molar-refractivity contribution in [3.05, 3.63) is 48.2 Å². The first-order chi connectivity index (χ1) is 10.5. The van der Waals surface area contributed by atoms with Gasteiger partial charge in [-0.1, -0.05) is 20.8 Å². The van der Waals surface area contributed by atoms with Gasteiger partial charge in [-0.2, -0.15) is 18.2 Å². The molecule has 8 heteroatoms. The normalized spacial score (nSPS) is 13.0. The highest BCUT2D eigenvalue weighted by Crippen LogP contribution is 2.37. The largest absolute Gasteiger partial charge is 0.431 e. The molecule has 0 aromatic carbocycles. The molecule has 0 bridgehead atoms. The van der Waals surface area contributed by atoms with E-state index in [9.17, 15) is 18.0 Å². The molecule has 0 aliphatic rings. The maximum atomic E-state index is 12.7. The lowest BCUT2D eigenvalue weighted by Crippen LogP contribution is -2.19. The zero-order chi connectivity index (χ0) is 17.4. The topological polar surface area (TPSA) is 45.8 Å². The number of nitrogens with zero attached hydrogens (tertiary/aromatic N) is 1. The first-order valence-electron chi connectivity index (χ1n) is 6.63. The van der Waals surface area contributed by atoms with Gasteiger partial charge in [-0.3, -0.25) is 0 Å². The van der Waals surface area contributed by atoms with Crippen LogP contribution in [-0.2, 0) is 11.6 Å². The van der Waals surface area contributed by atoms with Gasteiger partial charge in [0.2, 0.25) is 0 Å². The number of H-pyrrole nitrogens is 1. The van der Waals surface area contributed by atoms with Gasteiger partial charge in [0, 0.05) is 14.2 Å². The zero-order valence-electron chi connectivity index (χ0n) is 12.6. The maximum absolute atomic E-state index is 12.7. The van der Waals surface area contributed by atoms with Crippen molar-refractivity contribution in [1.29, 1.82) is 0 Å². The molecule has 0 amide bonds. The van der Waals surface area contributed by atoms with Crippen LogP contribution in [0.5, 0.6) is 0 Å². The van der Waals surface area contributed by atoms with Gasteiger partial charge >= 0.3 is 11.9 Å². The Hall–Kier alpha value is -1.41. The SMILES string of the molecule is CC(C)(C)c1sc(/C=C/c2cc(C(F)(F)F)[nH]c(=O)n2)cc1Br. The van der Waals surface area contributed by atoms with Crippen LogP contribution in [0, 0.1) is 0 Å². The monoisotopic (exact) mass is 406 g/mol. The number of hydrogen-bond acceptors (Lipinski definition) is 3. The number of aromatic nitrogens is 2. The van der Waals surface area contributed by atoms with E-state index in [0.717, 1.165) is 20.3 Å². The third kappa shape index (κ3) is 4.54. The van der Waals surface area contributed by atoms with Crippen LogP contribution in [0.25, 0.3) is 12.2 Å². The molecule has 3 nitrogen and oxygen atoms in total. The molecular formula is C15H14BrF3N2OS. The summed E-state index contributed by atoms with van der Waals surface area (Å²) in [5.74, 6) is 0. The summed E-state index contributed by atoms with van der Waals surface area (Å²) in [6, 6.07) is 2.70. The van der Waals surface area contributed by atoms with Crippen LogP contribution in [0.15, 0.2) is 21.4 Å². The highest BCUT2D eigenvalue weighted by atomic mass is 79.9. The summed E-state index contributed by atoms with van der Waals surface area (Å²) in [4.78, 5) is 18.5. The highest BCUT2D eigenvalue weighted by Gasteiger charge is 2.32. The zero-order valence-corrected chi connectivity index (χ0v) is 15.0. The summed E-state index contributed by atoms with van der Waals surface area (Å²) >= 11 is 5.02. The lowest BCUT2D eigenvalue weighted by Gasteiger charge is -2.16. The van der Waals surface area contributed by atoms with Crippen LogP contribution in [-0.4, -0.2) is 9.97 Å². The minimum absolute atomic E-state index is 0.0390. The Labute approximate surface area is 143 Å². The highest BCUT2D eigenvalue weighted by molar-refractivity contribution is 9.10. The molecule has 2 aromatic rings. The standard InChI is InChI=1S/C15H14BrF3N2OS/c1-14(2,3)12-10(16)7-9(23-12)5-4-8-6-11(15(17,18)19)21-13(22)20-8/h4-7H,1-3H3,(H,20,21,22)/b5-4+. The number of hydrogen-bond donors (Lipinski definition) is 1. The van der Waals surface area contributed by atoms with E-state index < -0.39 is 17.6 Å². The Bertz CT molecular complexity index is 800. The number of rotatable bonds is 2. The summed E-state index contributed by atoms with van der Waals surface area (Å²) in [7, 11) is 0. The van der Waals surface area contributed by atoms with Crippen molar-refractivity contribution >= 4 is 39.4 Å². The molecule has 124 valence electrons. The third-order valence-corrected chi connectivity index (χ3v) is 5.29. The van der Waals surface area contributed by atoms with Crippen LogP contribution < -0.4 is 5.69 Å². The second-order valence-electron chi connectivity index (χ2n) is 5.93. The Morgan fingerprint density at radius 2 is 1.87 bits per heavy atom.